The van der Waals surface area contributed by atoms with Gasteiger partial charge >= 0.3 is 7.82 Å². The summed E-state index contributed by atoms with van der Waals surface area (Å²) in [5, 5.41) is 38.6. The van der Waals surface area contributed by atoms with E-state index >= 15 is 0 Å². The average Bonchev–Trinajstić information content (AvgIpc) is 2.36. The first kappa shape index (κ1) is 17.9. The van der Waals surface area contributed by atoms with E-state index in [1.54, 1.807) is 6.92 Å². The van der Waals surface area contributed by atoms with Crippen molar-refractivity contribution in [2.45, 2.75) is 43.7 Å². The number of hydrogen-bond acceptors (Lipinski definition) is 8. The van der Waals surface area contributed by atoms with Crippen LogP contribution in [-0.4, -0.2) is 80.2 Å². The molecule has 1 aliphatic heterocycles. The maximum atomic E-state index is 10.5. The summed E-state index contributed by atoms with van der Waals surface area (Å²) in [6, 6.07) is 0. The van der Waals surface area contributed by atoms with Crippen LogP contribution >= 0.6 is 7.82 Å². The van der Waals surface area contributed by atoms with Crippen LogP contribution in [0.25, 0.3) is 0 Å². The number of ether oxygens (including phenoxy) is 2. The van der Waals surface area contributed by atoms with Crippen molar-refractivity contribution >= 4 is 7.82 Å². The molecule has 120 valence electrons. The van der Waals surface area contributed by atoms with Crippen LogP contribution < -0.4 is 0 Å². The Morgan fingerprint density at radius 2 is 1.80 bits per heavy atom. The van der Waals surface area contributed by atoms with E-state index < -0.39 is 51.2 Å². The van der Waals surface area contributed by atoms with Gasteiger partial charge in [-0.2, -0.15) is 0 Å². The second kappa shape index (κ2) is 7.23. The summed E-state index contributed by atoms with van der Waals surface area (Å²) in [5.74, 6) is 0. The molecule has 1 fully saturated rings. The van der Waals surface area contributed by atoms with Crippen LogP contribution in [0.1, 0.15) is 6.92 Å². The number of aliphatic hydroxyl groups excluding tert-OH is 4. The fourth-order valence-corrected chi connectivity index (χ4v) is 2.11. The molecule has 0 radical (unpaired) electrons. The number of phosphoric acid groups is 1. The minimum absolute atomic E-state index is 0.145. The van der Waals surface area contributed by atoms with Crippen LogP contribution in [0, 0.1) is 0 Å². The number of aliphatic hydroxyl groups is 4. The minimum Gasteiger partial charge on any atom is -0.388 e. The smallest absolute Gasteiger partial charge is 0.388 e. The van der Waals surface area contributed by atoms with Gasteiger partial charge in [0.1, 0.15) is 30.5 Å². The van der Waals surface area contributed by atoms with Gasteiger partial charge in [-0.1, -0.05) is 0 Å². The largest absolute Gasteiger partial charge is 0.469 e. The van der Waals surface area contributed by atoms with Gasteiger partial charge in [-0.25, -0.2) is 4.57 Å². The molecule has 6 atom stereocenters. The van der Waals surface area contributed by atoms with Gasteiger partial charge in [0.15, 0.2) is 6.29 Å². The first-order valence-electron chi connectivity index (χ1n) is 5.86. The number of hydrogen-bond donors (Lipinski definition) is 6. The zero-order chi connectivity index (χ0) is 15.5. The molecule has 1 heterocycles. The Balaban J connectivity index is 2.69. The lowest BCUT2D eigenvalue weighted by atomic mass is 9.95. The molecule has 0 aromatic heterocycles. The number of phosphoric ester groups is 1. The SMILES string of the molecule is CCO[C@@H]1O[C@H]([C@H](O)COP(=O)(O)O)[C@@H](O)[C@H](O)[C@@H]1O. The summed E-state index contributed by atoms with van der Waals surface area (Å²) in [6.07, 6.45) is -9.18. The predicted molar refractivity (Wildman–Crippen MR) is 62.3 cm³/mol. The molecular weight excluding hydrogens is 299 g/mol. The van der Waals surface area contributed by atoms with Crippen LogP contribution in [0.4, 0.5) is 0 Å². The fourth-order valence-electron chi connectivity index (χ4n) is 1.76. The Labute approximate surface area is 114 Å². The zero-order valence-corrected chi connectivity index (χ0v) is 11.5. The molecule has 0 aromatic rings. The van der Waals surface area contributed by atoms with Crippen molar-refractivity contribution in [2.24, 2.45) is 0 Å². The predicted octanol–water partition coefficient (Wildman–Crippen LogP) is -2.70. The van der Waals surface area contributed by atoms with E-state index in [0.29, 0.717) is 0 Å². The zero-order valence-electron chi connectivity index (χ0n) is 10.6. The van der Waals surface area contributed by atoms with Crippen molar-refractivity contribution in [3.05, 3.63) is 0 Å². The lowest BCUT2D eigenvalue weighted by Gasteiger charge is -2.41. The van der Waals surface area contributed by atoms with Crippen LogP contribution in [-0.2, 0) is 18.6 Å². The first-order valence-corrected chi connectivity index (χ1v) is 7.39. The van der Waals surface area contributed by atoms with E-state index in [1.165, 1.54) is 0 Å². The topological polar surface area (TPSA) is 166 Å². The molecular formula is C9H19O10P. The van der Waals surface area contributed by atoms with Crippen molar-refractivity contribution in [1.29, 1.82) is 0 Å². The molecule has 10 nitrogen and oxygen atoms in total. The Morgan fingerprint density at radius 3 is 2.30 bits per heavy atom. The second-order valence-corrected chi connectivity index (χ2v) is 5.49. The summed E-state index contributed by atoms with van der Waals surface area (Å²) in [4.78, 5) is 17.0. The van der Waals surface area contributed by atoms with Crippen molar-refractivity contribution < 1.29 is 48.8 Å². The summed E-state index contributed by atoms with van der Waals surface area (Å²) in [7, 11) is -4.79. The lowest BCUT2D eigenvalue weighted by Crippen LogP contribution is -2.61. The Morgan fingerprint density at radius 1 is 1.20 bits per heavy atom. The third kappa shape index (κ3) is 4.71. The molecule has 0 aromatic carbocycles. The monoisotopic (exact) mass is 318 g/mol. The maximum Gasteiger partial charge on any atom is 0.469 e. The molecule has 0 spiro atoms. The van der Waals surface area contributed by atoms with Crippen molar-refractivity contribution in [3.63, 3.8) is 0 Å². The molecule has 20 heavy (non-hydrogen) atoms. The quantitative estimate of drug-likeness (QED) is 0.284. The highest BCUT2D eigenvalue weighted by atomic mass is 31.2. The van der Waals surface area contributed by atoms with Gasteiger partial charge < -0.3 is 39.7 Å². The van der Waals surface area contributed by atoms with Crippen LogP contribution in [0.15, 0.2) is 0 Å². The highest BCUT2D eigenvalue weighted by Gasteiger charge is 2.47. The van der Waals surface area contributed by atoms with Gasteiger partial charge in [0, 0.05) is 6.61 Å². The molecule has 1 aliphatic rings. The molecule has 0 amide bonds. The van der Waals surface area contributed by atoms with Crippen LogP contribution in [0.5, 0.6) is 0 Å². The molecule has 0 aliphatic carbocycles. The van der Waals surface area contributed by atoms with Gasteiger partial charge in [-0.15, -0.1) is 0 Å². The standard InChI is InChI=1S/C9H19O10P/c1-2-17-9-7(13)5(11)6(12)8(19-9)4(10)3-18-20(14,15)16/h4-13H,2-3H2,1H3,(H2,14,15,16)/t4-,5+,6+,7+,8-,9-/m1/s1. The van der Waals surface area contributed by atoms with E-state index in [-0.39, 0.29) is 6.61 Å². The van der Waals surface area contributed by atoms with E-state index in [2.05, 4.69) is 4.52 Å². The first-order chi connectivity index (χ1) is 9.17. The normalized spacial score (nSPS) is 36.9. The van der Waals surface area contributed by atoms with E-state index in [9.17, 15) is 25.0 Å². The van der Waals surface area contributed by atoms with Crippen LogP contribution in [0.3, 0.4) is 0 Å². The Hall–Kier alpha value is -0.130. The van der Waals surface area contributed by atoms with Crippen molar-refractivity contribution in [1.82, 2.24) is 0 Å². The van der Waals surface area contributed by atoms with E-state index in [4.69, 9.17) is 19.3 Å². The van der Waals surface area contributed by atoms with Crippen molar-refractivity contribution in [3.8, 4) is 0 Å². The molecule has 0 bridgehead atoms. The highest BCUT2D eigenvalue weighted by Crippen LogP contribution is 2.36. The molecule has 1 saturated heterocycles. The maximum absolute atomic E-state index is 10.5. The van der Waals surface area contributed by atoms with Gasteiger partial charge in [0.05, 0.1) is 6.61 Å². The molecule has 11 heteroatoms. The van der Waals surface area contributed by atoms with Gasteiger partial charge in [-0.05, 0) is 6.92 Å². The molecule has 0 unspecified atom stereocenters. The van der Waals surface area contributed by atoms with Gasteiger partial charge in [0.2, 0.25) is 0 Å². The molecule has 0 saturated carbocycles. The van der Waals surface area contributed by atoms with Crippen molar-refractivity contribution in [2.75, 3.05) is 13.2 Å². The molecule has 1 rings (SSSR count). The van der Waals surface area contributed by atoms with Gasteiger partial charge in [0.25, 0.3) is 0 Å². The lowest BCUT2D eigenvalue weighted by molar-refractivity contribution is -0.310. The van der Waals surface area contributed by atoms with E-state index in [0.717, 1.165) is 0 Å². The minimum atomic E-state index is -4.79. The van der Waals surface area contributed by atoms with E-state index in [1.807, 2.05) is 0 Å². The summed E-state index contributed by atoms with van der Waals surface area (Å²) < 4.78 is 24.7. The highest BCUT2D eigenvalue weighted by molar-refractivity contribution is 7.46. The Bertz CT molecular complexity index is 346. The summed E-state index contributed by atoms with van der Waals surface area (Å²) in [6.45, 7) is 0.926. The third-order valence-electron chi connectivity index (χ3n) is 2.73. The molecule has 6 N–H and O–H groups in total. The second-order valence-electron chi connectivity index (χ2n) is 4.25. The fraction of sp³-hybridized carbons (Fsp3) is 1.00. The third-order valence-corrected chi connectivity index (χ3v) is 3.22. The van der Waals surface area contributed by atoms with Crippen LogP contribution in [0.2, 0.25) is 0 Å². The average molecular weight is 318 g/mol. The Kier molecular flexibility index (Phi) is 6.48. The number of rotatable bonds is 6. The summed E-state index contributed by atoms with van der Waals surface area (Å²) in [5.41, 5.74) is 0. The van der Waals surface area contributed by atoms with Gasteiger partial charge in [-0.3, -0.25) is 4.52 Å². The summed E-state index contributed by atoms with van der Waals surface area (Å²) >= 11 is 0.